The molecule has 0 aromatic rings. The lowest BCUT2D eigenvalue weighted by Gasteiger charge is -2.20. The smallest absolute Gasteiger partial charge is 0.123 e. The number of carbonyl (C=O) groups excluding carboxylic acids is 1. The van der Waals surface area contributed by atoms with Crippen molar-refractivity contribution in [2.24, 2.45) is 5.92 Å². The molecule has 0 radical (unpaired) electrons. The van der Waals surface area contributed by atoms with Crippen molar-refractivity contribution in [3.8, 4) is 0 Å². The fraction of sp³-hybridized carbons (Fsp3) is 0.857. The zero-order chi connectivity index (χ0) is 6.69. The van der Waals surface area contributed by atoms with Gasteiger partial charge in [-0.15, -0.1) is 0 Å². The van der Waals surface area contributed by atoms with Crippen molar-refractivity contribution in [3.63, 3.8) is 0 Å². The Labute approximate surface area is 54.9 Å². The zero-order valence-corrected chi connectivity index (χ0v) is 5.42. The summed E-state index contributed by atoms with van der Waals surface area (Å²) >= 11 is 0. The molecule has 1 rings (SSSR count). The highest BCUT2D eigenvalue weighted by molar-refractivity contribution is 5.53. The van der Waals surface area contributed by atoms with Gasteiger partial charge < -0.3 is 9.90 Å². The molecular formula is C7H12O2. The van der Waals surface area contributed by atoms with Gasteiger partial charge in [-0.3, -0.25) is 0 Å². The van der Waals surface area contributed by atoms with Crippen molar-refractivity contribution in [2.45, 2.75) is 31.8 Å². The first kappa shape index (κ1) is 6.75. The van der Waals surface area contributed by atoms with E-state index in [4.69, 9.17) is 5.11 Å². The molecule has 52 valence electrons. The molecule has 0 bridgehead atoms. The minimum absolute atomic E-state index is 0.138. The lowest BCUT2D eigenvalue weighted by atomic mass is 9.89. The number of aliphatic hydroxyl groups is 1. The van der Waals surface area contributed by atoms with Crippen LogP contribution in [0.5, 0.6) is 0 Å². The highest BCUT2D eigenvalue weighted by atomic mass is 16.3. The Morgan fingerprint density at radius 3 is 2.22 bits per heavy atom. The molecule has 0 heterocycles. The molecule has 0 aromatic carbocycles. The van der Waals surface area contributed by atoms with E-state index >= 15 is 0 Å². The second-order valence-electron chi connectivity index (χ2n) is 2.70. The van der Waals surface area contributed by atoms with Gasteiger partial charge in [0, 0.05) is 5.92 Å². The Morgan fingerprint density at radius 2 is 1.78 bits per heavy atom. The summed E-state index contributed by atoms with van der Waals surface area (Å²) in [6, 6.07) is 0. The second kappa shape index (κ2) is 2.97. The van der Waals surface area contributed by atoms with Crippen molar-refractivity contribution in [1.82, 2.24) is 0 Å². The summed E-state index contributed by atoms with van der Waals surface area (Å²) in [6.45, 7) is 0. The Balaban J connectivity index is 2.26. The maximum absolute atomic E-state index is 10.2. The molecule has 0 aliphatic heterocycles. The number of hydrogen-bond donors (Lipinski definition) is 1. The summed E-state index contributed by atoms with van der Waals surface area (Å²) in [5.74, 6) is 0.230. The van der Waals surface area contributed by atoms with Crippen molar-refractivity contribution < 1.29 is 9.90 Å². The van der Waals surface area contributed by atoms with E-state index in [-0.39, 0.29) is 12.0 Å². The third-order valence-electron chi connectivity index (χ3n) is 1.93. The number of carbonyl (C=O) groups is 1. The number of rotatable bonds is 1. The van der Waals surface area contributed by atoms with E-state index in [1.807, 2.05) is 0 Å². The first-order valence-electron chi connectivity index (χ1n) is 3.46. The van der Waals surface area contributed by atoms with Crippen LogP contribution in [0.3, 0.4) is 0 Å². The van der Waals surface area contributed by atoms with Crippen LogP contribution < -0.4 is 0 Å². The van der Waals surface area contributed by atoms with E-state index in [9.17, 15) is 4.79 Å². The maximum Gasteiger partial charge on any atom is 0.123 e. The van der Waals surface area contributed by atoms with Gasteiger partial charge in [0.15, 0.2) is 0 Å². The molecule has 9 heavy (non-hydrogen) atoms. The van der Waals surface area contributed by atoms with Gasteiger partial charge in [0.05, 0.1) is 6.10 Å². The van der Waals surface area contributed by atoms with Crippen LogP contribution in [0.25, 0.3) is 0 Å². The third kappa shape index (κ3) is 1.79. The summed E-state index contributed by atoms with van der Waals surface area (Å²) < 4.78 is 0. The minimum atomic E-state index is -0.138. The molecule has 0 saturated heterocycles. The van der Waals surface area contributed by atoms with Crippen LogP contribution in [-0.2, 0) is 4.79 Å². The van der Waals surface area contributed by atoms with Crippen LogP contribution in [0.4, 0.5) is 0 Å². The molecular weight excluding hydrogens is 116 g/mol. The Kier molecular flexibility index (Phi) is 2.22. The monoisotopic (exact) mass is 128 g/mol. The van der Waals surface area contributed by atoms with Gasteiger partial charge >= 0.3 is 0 Å². The van der Waals surface area contributed by atoms with Crippen LogP contribution in [-0.4, -0.2) is 17.5 Å². The highest BCUT2D eigenvalue weighted by Crippen LogP contribution is 2.21. The number of aldehydes is 1. The Morgan fingerprint density at radius 1 is 1.22 bits per heavy atom. The van der Waals surface area contributed by atoms with E-state index in [0.717, 1.165) is 32.0 Å². The largest absolute Gasteiger partial charge is 0.393 e. The summed E-state index contributed by atoms with van der Waals surface area (Å²) in [5.41, 5.74) is 0. The van der Waals surface area contributed by atoms with E-state index in [0.29, 0.717) is 0 Å². The molecule has 1 aliphatic rings. The molecule has 1 saturated carbocycles. The summed E-state index contributed by atoms with van der Waals surface area (Å²) in [6.07, 6.45) is 4.25. The molecule has 0 spiro atoms. The second-order valence-corrected chi connectivity index (χ2v) is 2.70. The van der Waals surface area contributed by atoms with E-state index in [1.54, 1.807) is 0 Å². The van der Waals surface area contributed by atoms with Crippen LogP contribution in [0.2, 0.25) is 0 Å². The average molecular weight is 128 g/mol. The first-order valence-corrected chi connectivity index (χ1v) is 3.46. The molecule has 2 heteroatoms. The first-order chi connectivity index (χ1) is 4.33. The van der Waals surface area contributed by atoms with E-state index in [1.165, 1.54) is 0 Å². The van der Waals surface area contributed by atoms with Gasteiger partial charge in [0.25, 0.3) is 0 Å². The Hall–Kier alpha value is -0.370. The topological polar surface area (TPSA) is 37.3 Å². The predicted octanol–water partition coefficient (Wildman–Crippen LogP) is 0.736. The van der Waals surface area contributed by atoms with Gasteiger partial charge in [0.1, 0.15) is 6.29 Å². The van der Waals surface area contributed by atoms with Crippen molar-refractivity contribution >= 4 is 6.29 Å². The lowest BCUT2D eigenvalue weighted by Crippen LogP contribution is -2.18. The van der Waals surface area contributed by atoms with Gasteiger partial charge in [-0.25, -0.2) is 0 Å². The standard InChI is InChI=1S/C7H12O2/c8-5-6-1-3-7(9)4-2-6/h5-7,9H,1-4H2/t6-,7-. The molecule has 0 aromatic heterocycles. The zero-order valence-electron chi connectivity index (χ0n) is 5.42. The molecule has 1 aliphatic carbocycles. The molecule has 0 atom stereocenters. The maximum atomic E-state index is 10.2. The van der Waals surface area contributed by atoms with Gasteiger partial charge in [-0.1, -0.05) is 0 Å². The van der Waals surface area contributed by atoms with E-state index < -0.39 is 0 Å². The predicted molar refractivity (Wildman–Crippen MR) is 34.0 cm³/mol. The average Bonchev–Trinajstić information content (AvgIpc) is 1.90. The highest BCUT2D eigenvalue weighted by Gasteiger charge is 2.17. The Bertz CT molecular complexity index is 93.1. The van der Waals surface area contributed by atoms with Gasteiger partial charge in [-0.2, -0.15) is 0 Å². The quantitative estimate of drug-likeness (QED) is 0.529. The normalized spacial score (nSPS) is 36.1. The van der Waals surface area contributed by atoms with Crippen LogP contribution in [0.1, 0.15) is 25.7 Å². The molecule has 0 amide bonds. The molecule has 1 fully saturated rings. The minimum Gasteiger partial charge on any atom is -0.393 e. The van der Waals surface area contributed by atoms with E-state index in [2.05, 4.69) is 0 Å². The van der Waals surface area contributed by atoms with Crippen LogP contribution >= 0.6 is 0 Å². The van der Waals surface area contributed by atoms with Crippen molar-refractivity contribution in [1.29, 1.82) is 0 Å². The summed E-state index contributed by atoms with van der Waals surface area (Å²) in [7, 11) is 0. The van der Waals surface area contributed by atoms with Crippen molar-refractivity contribution in [3.05, 3.63) is 0 Å². The molecule has 1 N–H and O–H groups in total. The molecule has 0 unspecified atom stereocenters. The van der Waals surface area contributed by atoms with Crippen LogP contribution in [0.15, 0.2) is 0 Å². The summed E-state index contributed by atoms with van der Waals surface area (Å²) in [4.78, 5) is 10.2. The van der Waals surface area contributed by atoms with Gasteiger partial charge in [0.2, 0.25) is 0 Å². The fourth-order valence-corrected chi connectivity index (χ4v) is 1.24. The summed E-state index contributed by atoms with van der Waals surface area (Å²) in [5, 5.41) is 9.01. The lowest BCUT2D eigenvalue weighted by molar-refractivity contribution is -0.112. The molecule has 2 nitrogen and oxygen atoms in total. The third-order valence-corrected chi connectivity index (χ3v) is 1.93. The number of hydrogen-bond acceptors (Lipinski definition) is 2. The van der Waals surface area contributed by atoms with Crippen LogP contribution in [0, 0.1) is 5.92 Å². The van der Waals surface area contributed by atoms with Crippen molar-refractivity contribution in [2.75, 3.05) is 0 Å². The SMILES string of the molecule is O=C[C@H]1CC[C@H](O)CC1. The van der Waals surface area contributed by atoms with Gasteiger partial charge in [-0.05, 0) is 25.7 Å². The fourth-order valence-electron chi connectivity index (χ4n) is 1.24. The number of aliphatic hydroxyl groups excluding tert-OH is 1.